The molecule has 0 heterocycles. The van der Waals surface area contributed by atoms with Gasteiger partial charge in [0.25, 0.3) is 0 Å². The first-order valence-corrected chi connectivity index (χ1v) is 6.89. The molecular weight excluding hydrogens is 313 g/mol. The Hall–Kier alpha value is -0.130. The fourth-order valence-corrected chi connectivity index (χ4v) is 2.00. The van der Waals surface area contributed by atoms with Crippen LogP contribution in [0, 0.1) is 3.57 Å². The lowest BCUT2D eigenvalue weighted by molar-refractivity contribution is 0.123. The van der Waals surface area contributed by atoms with E-state index in [2.05, 4.69) is 59.1 Å². The summed E-state index contributed by atoms with van der Waals surface area (Å²) < 4.78 is 6.76. The van der Waals surface area contributed by atoms with Crippen LogP contribution in [0.1, 0.15) is 19.4 Å². The summed E-state index contributed by atoms with van der Waals surface area (Å²) in [6, 6.07) is 9.11. The first-order chi connectivity index (χ1) is 7.76. The van der Waals surface area contributed by atoms with Gasteiger partial charge in [-0.2, -0.15) is 0 Å². The van der Waals surface area contributed by atoms with Crippen molar-refractivity contribution in [2.75, 3.05) is 19.8 Å². The Labute approximate surface area is 112 Å². The van der Waals surface area contributed by atoms with Gasteiger partial charge in [-0.15, -0.1) is 0 Å². The Morgan fingerprint density at radius 1 is 1.25 bits per heavy atom. The molecule has 2 nitrogen and oxygen atoms in total. The number of benzene rings is 1. The topological polar surface area (TPSA) is 21.3 Å². The summed E-state index contributed by atoms with van der Waals surface area (Å²) in [7, 11) is 0. The van der Waals surface area contributed by atoms with Gasteiger partial charge in [-0.05, 0) is 60.2 Å². The molecule has 0 fully saturated rings. The van der Waals surface area contributed by atoms with Crippen LogP contribution in [0.4, 0.5) is 0 Å². The summed E-state index contributed by atoms with van der Waals surface area (Å²) >= 11 is 2.33. The minimum absolute atomic E-state index is 0.421. The molecule has 1 unspecified atom stereocenters. The summed E-state index contributed by atoms with van der Waals surface area (Å²) in [4.78, 5) is 0. The molecule has 0 spiro atoms. The van der Waals surface area contributed by atoms with E-state index in [1.807, 2.05) is 6.92 Å². The van der Waals surface area contributed by atoms with Crippen molar-refractivity contribution in [3.8, 4) is 0 Å². The quantitative estimate of drug-likeness (QED) is 0.775. The number of rotatable bonds is 7. The fourth-order valence-electron chi connectivity index (χ4n) is 1.64. The maximum absolute atomic E-state index is 5.48. The third kappa shape index (κ3) is 5.27. The monoisotopic (exact) mass is 333 g/mol. The van der Waals surface area contributed by atoms with E-state index in [4.69, 9.17) is 4.74 Å². The van der Waals surface area contributed by atoms with Gasteiger partial charge in [0, 0.05) is 16.2 Å². The van der Waals surface area contributed by atoms with E-state index in [1.54, 1.807) is 0 Å². The molecule has 0 bridgehead atoms. The Morgan fingerprint density at radius 2 is 1.94 bits per heavy atom. The van der Waals surface area contributed by atoms with E-state index >= 15 is 0 Å². The zero-order valence-corrected chi connectivity index (χ0v) is 12.2. The predicted octanol–water partition coefficient (Wildman–Crippen LogP) is 2.85. The third-order valence-corrected chi connectivity index (χ3v) is 3.13. The van der Waals surface area contributed by atoms with Gasteiger partial charge in [0.2, 0.25) is 0 Å². The van der Waals surface area contributed by atoms with Gasteiger partial charge in [0.05, 0.1) is 6.61 Å². The molecule has 0 aliphatic carbocycles. The average Bonchev–Trinajstić information content (AvgIpc) is 2.29. The molecule has 0 saturated carbocycles. The maximum Gasteiger partial charge on any atom is 0.0622 e. The second-order valence-electron chi connectivity index (χ2n) is 3.74. The van der Waals surface area contributed by atoms with Crippen LogP contribution in [0.15, 0.2) is 24.3 Å². The Bertz CT molecular complexity index is 286. The highest BCUT2D eigenvalue weighted by atomic mass is 127. The lowest BCUT2D eigenvalue weighted by Crippen LogP contribution is -2.35. The first-order valence-electron chi connectivity index (χ1n) is 5.81. The molecule has 16 heavy (non-hydrogen) atoms. The Kier molecular flexibility index (Phi) is 7.00. The van der Waals surface area contributed by atoms with Crippen LogP contribution in [-0.4, -0.2) is 25.8 Å². The van der Waals surface area contributed by atoms with Crippen molar-refractivity contribution in [1.29, 1.82) is 0 Å². The average molecular weight is 333 g/mol. The van der Waals surface area contributed by atoms with Crippen LogP contribution in [0.25, 0.3) is 0 Å². The normalized spacial score (nSPS) is 12.7. The standard InChI is InChI=1S/C13H20INO/c1-3-15-13(10-16-4-2)9-11-5-7-12(14)8-6-11/h5-8,13,15H,3-4,9-10H2,1-2H3. The molecule has 0 radical (unpaired) electrons. The van der Waals surface area contributed by atoms with Gasteiger partial charge < -0.3 is 10.1 Å². The molecule has 1 aromatic carbocycles. The van der Waals surface area contributed by atoms with E-state index in [9.17, 15) is 0 Å². The minimum Gasteiger partial charge on any atom is -0.380 e. The van der Waals surface area contributed by atoms with Crippen molar-refractivity contribution >= 4 is 22.6 Å². The molecular formula is C13H20INO. The van der Waals surface area contributed by atoms with Gasteiger partial charge in [-0.25, -0.2) is 0 Å². The van der Waals surface area contributed by atoms with Gasteiger partial charge in [-0.1, -0.05) is 19.1 Å². The molecule has 0 amide bonds. The molecule has 0 aliphatic rings. The highest BCUT2D eigenvalue weighted by Crippen LogP contribution is 2.09. The number of hydrogen-bond donors (Lipinski definition) is 1. The Morgan fingerprint density at radius 3 is 2.50 bits per heavy atom. The highest BCUT2D eigenvalue weighted by molar-refractivity contribution is 14.1. The van der Waals surface area contributed by atoms with Crippen molar-refractivity contribution in [3.63, 3.8) is 0 Å². The van der Waals surface area contributed by atoms with Crippen molar-refractivity contribution in [2.24, 2.45) is 0 Å². The third-order valence-electron chi connectivity index (χ3n) is 2.41. The van der Waals surface area contributed by atoms with Gasteiger partial charge in [0.15, 0.2) is 0 Å². The largest absolute Gasteiger partial charge is 0.380 e. The molecule has 3 heteroatoms. The second-order valence-corrected chi connectivity index (χ2v) is 4.99. The molecule has 0 aliphatic heterocycles. The van der Waals surface area contributed by atoms with E-state index in [1.165, 1.54) is 9.13 Å². The summed E-state index contributed by atoms with van der Waals surface area (Å²) in [6.07, 6.45) is 1.03. The molecule has 1 N–H and O–H groups in total. The van der Waals surface area contributed by atoms with Crippen LogP contribution >= 0.6 is 22.6 Å². The first kappa shape index (κ1) is 13.9. The van der Waals surface area contributed by atoms with E-state index in [0.29, 0.717) is 6.04 Å². The van der Waals surface area contributed by atoms with Crippen LogP contribution in [0.3, 0.4) is 0 Å². The number of ether oxygens (including phenoxy) is 1. The van der Waals surface area contributed by atoms with Crippen LogP contribution < -0.4 is 5.32 Å². The van der Waals surface area contributed by atoms with Crippen LogP contribution in [0.2, 0.25) is 0 Å². The van der Waals surface area contributed by atoms with Crippen molar-refractivity contribution in [1.82, 2.24) is 5.32 Å². The zero-order chi connectivity index (χ0) is 11.8. The van der Waals surface area contributed by atoms with Gasteiger partial charge >= 0.3 is 0 Å². The maximum atomic E-state index is 5.48. The van der Waals surface area contributed by atoms with E-state index in [0.717, 1.165) is 26.2 Å². The molecule has 0 saturated heterocycles. The number of likely N-dealkylation sites (N-methyl/N-ethyl adjacent to an activating group) is 1. The van der Waals surface area contributed by atoms with Gasteiger partial charge in [0.1, 0.15) is 0 Å². The Balaban J connectivity index is 2.49. The van der Waals surface area contributed by atoms with Crippen molar-refractivity contribution in [3.05, 3.63) is 33.4 Å². The SMILES string of the molecule is CCNC(COCC)Cc1ccc(I)cc1. The second kappa shape index (κ2) is 8.03. The molecule has 1 aromatic rings. The highest BCUT2D eigenvalue weighted by Gasteiger charge is 2.07. The summed E-state index contributed by atoms with van der Waals surface area (Å²) in [5, 5.41) is 3.45. The van der Waals surface area contributed by atoms with Crippen molar-refractivity contribution < 1.29 is 4.74 Å². The lowest BCUT2D eigenvalue weighted by atomic mass is 10.1. The van der Waals surface area contributed by atoms with E-state index in [-0.39, 0.29) is 0 Å². The molecule has 1 rings (SSSR count). The summed E-state index contributed by atoms with van der Waals surface area (Å²) in [6.45, 7) is 6.73. The summed E-state index contributed by atoms with van der Waals surface area (Å²) in [5.41, 5.74) is 1.37. The number of hydrogen-bond acceptors (Lipinski definition) is 2. The number of halogens is 1. The van der Waals surface area contributed by atoms with Crippen molar-refractivity contribution in [2.45, 2.75) is 26.3 Å². The lowest BCUT2D eigenvalue weighted by Gasteiger charge is -2.17. The van der Waals surface area contributed by atoms with E-state index < -0.39 is 0 Å². The van der Waals surface area contributed by atoms with Crippen LogP contribution in [0.5, 0.6) is 0 Å². The van der Waals surface area contributed by atoms with Gasteiger partial charge in [-0.3, -0.25) is 0 Å². The zero-order valence-electron chi connectivity index (χ0n) is 10.0. The fraction of sp³-hybridized carbons (Fsp3) is 0.538. The minimum atomic E-state index is 0.421. The van der Waals surface area contributed by atoms with Crippen LogP contribution in [-0.2, 0) is 11.2 Å². The summed E-state index contributed by atoms with van der Waals surface area (Å²) in [5.74, 6) is 0. The molecule has 1 atom stereocenters. The molecule has 90 valence electrons. The smallest absolute Gasteiger partial charge is 0.0622 e. The number of nitrogens with one attached hydrogen (secondary N) is 1. The predicted molar refractivity (Wildman–Crippen MR) is 76.8 cm³/mol. The molecule has 0 aromatic heterocycles.